The van der Waals surface area contributed by atoms with Crippen LogP contribution < -0.4 is 0 Å². The summed E-state index contributed by atoms with van der Waals surface area (Å²) in [5.41, 5.74) is 0. The molecule has 0 spiro atoms. The molecule has 0 N–H and O–H groups in total. The van der Waals surface area contributed by atoms with Gasteiger partial charge in [0.2, 0.25) is 11.2 Å². The Morgan fingerprint density at radius 1 is 1.50 bits per heavy atom. The summed E-state index contributed by atoms with van der Waals surface area (Å²) in [6, 6.07) is -2.10. The van der Waals surface area contributed by atoms with E-state index in [4.69, 9.17) is 11.6 Å². The van der Waals surface area contributed by atoms with Gasteiger partial charge in [-0.15, -0.1) is 0 Å². The normalized spacial score (nSPS) is 11.9. The van der Waals surface area contributed by atoms with Crippen molar-refractivity contribution in [2.24, 2.45) is 5.92 Å². The predicted molar refractivity (Wildman–Crippen MR) is 37.1 cm³/mol. The van der Waals surface area contributed by atoms with Crippen LogP contribution in [0.5, 0.6) is 0 Å². The summed E-state index contributed by atoms with van der Waals surface area (Å²) in [4.78, 5) is 31.0. The van der Waals surface area contributed by atoms with E-state index < -0.39 is 23.2 Å². The number of hydrogen-bond donors (Lipinski definition) is 0. The van der Waals surface area contributed by atoms with E-state index in [-0.39, 0.29) is 6.61 Å². The Bertz CT molecular complexity index is 202. The van der Waals surface area contributed by atoms with E-state index in [9.17, 15) is 18.8 Å². The van der Waals surface area contributed by atoms with Gasteiger partial charge in [0.1, 0.15) is 0 Å². The van der Waals surface area contributed by atoms with E-state index in [1.165, 1.54) is 6.92 Å². The van der Waals surface area contributed by atoms with Crippen molar-refractivity contribution in [3.63, 3.8) is 0 Å². The van der Waals surface area contributed by atoms with Crippen LogP contribution in [0.3, 0.4) is 0 Å². The number of hydrogen-bond acceptors (Lipinski definition) is 4. The average Bonchev–Trinajstić information content (AvgIpc) is 1.85. The zero-order valence-electron chi connectivity index (χ0n) is 6.17. The highest BCUT2D eigenvalue weighted by molar-refractivity contribution is 6.67. The van der Waals surface area contributed by atoms with Crippen LogP contribution in [0, 0.1) is 5.92 Å². The maximum Gasteiger partial charge on any atom is 0.328 e. The van der Waals surface area contributed by atoms with Crippen LogP contribution in [0.25, 0.3) is 0 Å². The van der Waals surface area contributed by atoms with Crippen LogP contribution in [-0.4, -0.2) is 23.9 Å². The zero-order chi connectivity index (χ0) is 9.72. The van der Waals surface area contributed by atoms with Crippen molar-refractivity contribution in [3.05, 3.63) is 0 Å². The molecule has 0 saturated carbocycles. The molecule has 0 aliphatic heterocycles. The first-order valence-corrected chi connectivity index (χ1v) is 3.43. The molecule has 0 saturated heterocycles. The Hall–Kier alpha value is -0.970. The number of ether oxygens (including phenoxy) is 1. The van der Waals surface area contributed by atoms with Crippen LogP contribution in [0.15, 0.2) is 0 Å². The monoisotopic (exact) mass is 196 g/mol. The molecule has 6 heteroatoms. The molecule has 0 fully saturated rings. The van der Waals surface area contributed by atoms with Crippen molar-refractivity contribution in [1.82, 2.24) is 0 Å². The van der Waals surface area contributed by atoms with E-state index in [1.807, 2.05) is 0 Å². The fourth-order valence-electron chi connectivity index (χ4n) is 0.500. The Balaban J connectivity index is 4.41. The first kappa shape index (κ1) is 11.0. The Labute approximate surface area is 72.6 Å². The van der Waals surface area contributed by atoms with Gasteiger partial charge in [0.05, 0.1) is 6.61 Å². The average molecular weight is 197 g/mol. The first-order valence-electron chi connectivity index (χ1n) is 3.06. The summed E-state index contributed by atoms with van der Waals surface area (Å²) in [5.74, 6) is -3.39. The molecule has 0 amide bonds. The third-order valence-corrected chi connectivity index (χ3v) is 1.19. The van der Waals surface area contributed by atoms with Gasteiger partial charge in [-0.05, 0) is 18.5 Å². The first-order chi connectivity index (χ1) is 5.50. The zero-order valence-corrected chi connectivity index (χ0v) is 6.93. The van der Waals surface area contributed by atoms with E-state index >= 15 is 0 Å². The molecule has 0 radical (unpaired) electrons. The number of rotatable bonds is 4. The molecule has 0 heterocycles. The highest BCUT2D eigenvalue weighted by atomic mass is 35.5. The minimum atomic E-state index is -2.13. The lowest BCUT2D eigenvalue weighted by molar-refractivity contribution is -0.156. The highest BCUT2D eigenvalue weighted by Gasteiger charge is 2.34. The third-order valence-electron chi connectivity index (χ3n) is 0.976. The van der Waals surface area contributed by atoms with E-state index in [2.05, 4.69) is 4.74 Å². The Morgan fingerprint density at radius 3 is 2.25 bits per heavy atom. The minimum absolute atomic E-state index is 0.0488. The van der Waals surface area contributed by atoms with Gasteiger partial charge in [-0.3, -0.25) is 14.4 Å². The molecular formula is C6H6ClFO4. The van der Waals surface area contributed by atoms with Crippen molar-refractivity contribution in [1.29, 1.82) is 0 Å². The summed E-state index contributed by atoms with van der Waals surface area (Å²) in [6.07, 6.45) is 0. The number of halogens is 2. The van der Waals surface area contributed by atoms with Crippen molar-refractivity contribution in [2.75, 3.05) is 6.61 Å². The van der Waals surface area contributed by atoms with Gasteiger partial charge in [0.15, 0.2) is 0 Å². The standard InChI is InChI=1S/C6H6ClFO4/c1-2-12-6(11)3(4(7)9)5(8)10/h3H,2H2,1H3. The maximum absolute atomic E-state index is 11.9. The molecule has 0 aromatic heterocycles. The fraction of sp³-hybridized carbons (Fsp3) is 0.500. The van der Waals surface area contributed by atoms with Gasteiger partial charge >= 0.3 is 12.0 Å². The van der Waals surface area contributed by atoms with Crippen molar-refractivity contribution in [2.45, 2.75) is 6.92 Å². The second-order valence-electron chi connectivity index (χ2n) is 1.79. The largest absolute Gasteiger partial charge is 0.465 e. The Morgan fingerprint density at radius 2 is 2.00 bits per heavy atom. The second kappa shape index (κ2) is 4.82. The van der Waals surface area contributed by atoms with Gasteiger partial charge in [-0.2, -0.15) is 4.39 Å². The fourth-order valence-corrected chi connectivity index (χ4v) is 0.675. The van der Waals surface area contributed by atoms with Crippen LogP contribution in [-0.2, 0) is 19.1 Å². The van der Waals surface area contributed by atoms with Crippen LogP contribution in [0.1, 0.15) is 6.92 Å². The molecule has 0 aliphatic carbocycles. The van der Waals surface area contributed by atoms with Crippen LogP contribution >= 0.6 is 11.6 Å². The van der Waals surface area contributed by atoms with Gasteiger partial charge in [0.25, 0.3) is 0 Å². The molecular weight excluding hydrogens is 191 g/mol. The lowest BCUT2D eigenvalue weighted by atomic mass is 10.2. The maximum atomic E-state index is 11.9. The number of carbonyl (C=O) groups is 3. The van der Waals surface area contributed by atoms with Crippen LogP contribution in [0.4, 0.5) is 4.39 Å². The van der Waals surface area contributed by atoms with Gasteiger partial charge in [-0.25, -0.2) is 0 Å². The van der Waals surface area contributed by atoms with Gasteiger partial charge in [-0.1, -0.05) is 0 Å². The summed E-state index contributed by atoms with van der Waals surface area (Å²) in [6.45, 7) is 1.41. The van der Waals surface area contributed by atoms with Gasteiger partial charge in [0, 0.05) is 0 Å². The van der Waals surface area contributed by atoms with E-state index in [0.29, 0.717) is 0 Å². The molecule has 0 aliphatic rings. The molecule has 0 bridgehead atoms. The van der Waals surface area contributed by atoms with Crippen LogP contribution in [0.2, 0.25) is 0 Å². The van der Waals surface area contributed by atoms with Crippen molar-refractivity contribution >= 4 is 28.8 Å². The Kier molecular flexibility index (Phi) is 4.43. The number of carbonyl (C=O) groups excluding carboxylic acids is 3. The minimum Gasteiger partial charge on any atom is -0.465 e. The molecule has 12 heavy (non-hydrogen) atoms. The van der Waals surface area contributed by atoms with E-state index in [1.54, 1.807) is 0 Å². The smallest absolute Gasteiger partial charge is 0.328 e. The quantitative estimate of drug-likeness (QED) is 0.372. The summed E-state index contributed by atoms with van der Waals surface area (Å²) < 4.78 is 16.2. The molecule has 68 valence electrons. The predicted octanol–water partition coefficient (Wildman–Crippen LogP) is 0.427. The second-order valence-corrected chi connectivity index (χ2v) is 2.17. The molecule has 0 rings (SSSR count). The van der Waals surface area contributed by atoms with Gasteiger partial charge < -0.3 is 4.74 Å². The highest BCUT2D eigenvalue weighted by Crippen LogP contribution is 2.07. The molecule has 4 nitrogen and oxygen atoms in total. The molecule has 1 unspecified atom stereocenters. The summed E-state index contributed by atoms with van der Waals surface area (Å²) in [7, 11) is 0. The SMILES string of the molecule is CCOC(=O)C(C(=O)F)C(=O)Cl. The molecule has 1 atom stereocenters. The van der Waals surface area contributed by atoms with Crippen molar-refractivity contribution < 1.29 is 23.5 Å². The topological polar surface area (TPSA) is 60.4 Å². The third kappa shape index (κ3) is 2.96. The summed E-state index contributed by atoms with van der Waals surface area (Å²) >= 11 is 4.77. The summed E-state index contributed by atoms with van der Waals surface area (Å²) in [5, 5.41) is -1.37. The van der Waals surface area contributed by atoms with E-state index in [0.717, 1.165) is 0 Å². The molecule has 0 aromatic carbocycles. The lowest BCUT2D eigenvalue weighted by Crippen LogP contribution is -2.28. The van der Waals surface area contributed by atoms with Crippen molar-refractivity contribution in [3.8, 4) is 0 Å². The lowest BCUT2D eigenvalue weighted by Gasteiger charge is -2.04. The number of esters is 1. The molecule has 0 aromatic rings.